The van der Waals surface area contributed by atoms with E-state index < -0.39 is 0 Å². The van der Waals surface area contributed by atoms with Crippen molar-refractivity contribution in [3.63, 3.8) is 0 Å². The van der Waals surface area contributed by atoms with Gasteiger partial charge in [-0.25, -0.2) is 0 Å². The van der Waals surface area contributed by atoms with Gasteiger partial charge in [-0.05, 0) is 19.8 Å². The third-order valence-corrected chi connectivity index (χ3v) is 3.58. The first-order chi connectivity index (χ1) is 6.58. The zero-order chi connectivity index (χ0) is 10.3. The van der Waals surface area contributed by atoms with Gasteiger partial charge in [-0.3, -0.25) is 4.98 Å². The molecule has 0 aromatic carbocycles. The van der Waals surface area contributed by atoms with Gasteiger partial charge in [0, 0.05) is 29.4 Å². The summed E-state index contributed by atoms with van der Waals surface area (Å²) in [6.07, 6.45) is 5.39. The molecule has 0 aliphatic heterocycles. The first kappa shape index (κ1) is 10.2. The Kier molecular flexibility index (Phi) is 2.46. The van der Waals surface area contributed by atoms with E-state index in [1.165, 1.54) is 0 Å². The third-order valence-electron chi connectivity index (χ3n) is 3.01. The summed E-state index contributed by atoms with van der Waals surface area (Å²) in [6, 6.07) is 0.0832. The molecule has 0 bridgehead atoms. The Morgan fingerprint density at radius 1 is 1.36 bits per heavy atom. The van der Waals surface area contributed by atoms with Gasteiger partial charge >= 0.3 is 0 Å². The van der Waals surface area contributed by atoms with Gasteiger partial charge < -0.3 is 5.73 Å². The predicted molar refractivity (Wildman–Crippen MR) is 58.8 cm³/mol. The van der Waals surface area contributed by atoms with Crippen molar-refractivity contribution in [3.05, 3.63) is 28.0 Å². The molecule has 2 N–H and O–H groups in total. The standard InChI is InChI=1S/C10H12Cl2N2/c1-6(13)10(2-3-10)9-7(11)4-14-5-8(9)12/h4-6H,2-3,13H2,1H3. The number of nitrogens with two attached hydrogens (primary N) is 1. The Bertz CT molecular complexity index is 339. The van der Waals surface area contributed by atoms with Gasteiger partial charge in [-0.2, -0.15) is 0 Å². The second kappa shape index (κ2) is 3.37. The summed E-state index contributed by atoms with van der Waals surface area (Å²) >= 11 is 12.2. The number of halogens is 2. The molecule has 1 heterocycles. The van der Waals surface area contributed by atoms with Gasteiger partial charge in [0.25, 0.3) is 0 Å². The highest BCUT2D eigenvalue weighted by Gasteiger charge is 2.49. The highest BCUT2D eigenvalue weighted by Crippen LogP contribution is 2.54. The topological polar surface area (TPSA) is 38.9 Å². The van der Waals surface area contributed by atoms with Crippen LogP contribution in [0, 0.1) is 0 Å². The fraction of sp³-hybridized carbons (Fsp3) is 0.500. The zero-order valence-electron chi connectivity index (χ0n) is 7.93. The van der Waals surface area contributed by atoms with Crippen molar-refractivity contribution in [1.29, 1.82) is 0 Å². The molecule has 14 heavy (non-hydrogen) atoms. The summed E-state index contributed by atoms with van der Waals surface area (Å²) in [7, 11) is 0. The third kappa shape index (κ3) is 1.42. The highest BCUT2D eigenvalue weighted by molar-refractivity contribution is 6.36. The molecule has 0 amide bonds. The van der Waals surface area contributed by atoms with Gasteiger partial charge in [0.1, 0.15) is 0 Å². The highest BCUT2D eigenvalue weighted by atomic mass is 35.5. The van der Waals surface area contributed by atoms with Gasteiger partial charge in [-0.1, -0.05) is 23.2 Å². The molecule has 0 spiro atoms. The van der Waals surface area contributed by atoms with Gasteiger partial charge in [0.15, 0.2) is 0 Å². The van der Waals surface area contributed by atoms with Crippen LogP contribution in [-0.4, -0.2) is 11.0 Å². The second-order valence-corrected chi connectivity index (χ2v) is 4.74. The van der Waals surface area contributed by atoms with Crippen molar-refractivity contribution < 1.29 is 0 Å². The number of pyridine rings is 1. The minimum Gasteiger partial charge on any atom is -0.327 e. The van der Waals surface area contributed by atoms with E-state index in [0.717, 1.165) is 18.4 Å². The molecule has 2 nitrogen and oxygen atoms in total. The fourth-order valence-corrected chi connectivity index (χ4v) is 2.70. The summed E-state index contributed by atoms with van der Waals surface area (Å²) in [5.74, 6) is 0. The average Bonchev–Trinajstić information content (AvgIpc) is 2.85. The minimum atomic E-state index is -0.00287. The molecule has 1 aromatic heterocycles. The summed E-state index contributed by atoms with van der Waals surface area (Å²) in [4.78, 5) is 3.94. The lowest BCUT2D eigenvalue weighted by atomic mass is 9.90. The Balaban J connectivity index is 2.51. The van der Waals surface area contributed by atoms with Crippen molar-refractivity contribution in [2.45, 2.75) is 31.2 Å². The molecular formula is C10H12Cl2N2. The van der Waals surface area contributed by atoms with E-state index in [1.807, 2.05) is 6.92 Å². The molecule has 1 aliphatic carbocycles. The van der Waals surface area contributed by atoms with Crippen LogP contribution in [0.15, 0.2) is 12.4 Å². The van der Waals surface area contributed by atoms with Crippen molar-refractivity contribution >= 4 is 23.2 Å². The van der Waals surface area contributed by atoms with Gasteiger partial charge in [0.05, 0.1) is 10.0 Å². The van der Waals surface area contributed by atoms with Crippen LogP contribution in [0.1, 0.15) is 25.3 Å². The number of aromatic nitrogens is 1. The molecule has 1 saturated carbocycles. The molecule has 76 valence electrons. The maximum atomic E-state index is 6.10. The van der Waals surface area contributed by atoms with Crippen LogP contribution in [0.2, 0.25) is 10.0 Å². The lowest BCUT2D eigenvalue weighted by Crippen LogP contribution is -2.32. The quantitative estimate of drug-likeness (QED) is 0.849. The van der Waals surface area contributed by atoms with Crippen LogP contribution in [0.3, 0.4) is 0 Å². The average molecular weight is 231 g/mol. The molecule has 0 saturated heterocycles. The van der Waals surface area contributed by atoms with E-state index in [-0.39, 0.29) is 11.5 Å². The van der Waals surface area contributed by atoms with Crippen molar-refractivity contribution in [1.82, 2.24) is 4.98 Å². The Morgan fingerprint density at radius 3 is 2.21 bits per heavy atom. The van der Waals surface area contributed by atoms with Crippen LogP contribution < -0.4 is 5.73 Å². The Labute approximate surface area is 93.4 Å². The molecule has 1 atom stereocenters. The van der Waals surface area contributed by atoms with E-state index in [2.05, 4.69) is 4.98 Å². The van der Waals surface area contributed by atoms with Crippen LogP contribution in [0.25, 0.3) is 0 Å². The van der Waals surface area contributed by atoms with E-state index >= 15 is 0 Å². The molecule has 0 radical (unpaired) electrons. The maximum absolute atomic E-state index is 6.10. The fourth-order valence-electron chi connectivity index (χ4n) is 1.95. The van der Waals surface area contributed by atoms with E-state index in [1.54, 1.807) is 12.4 Å². The number of rotatable bonds is 2. The van der Waals surface area contributed by atoms with Crippen molar-refractivity contribution in [2.75, 3.05) is 0 Å². The van der Waals surface area contributed by atoms with Gasteiger partial charge in [0.2, 0.25) is 0 Å². The molecule has 1 unspecified atom stereocenters. The van der Waals surface area contributed by atoms with Crippen molar-refractivity contribution in [3.8, 4) is 0 Å². The summed E-state index contributed by atoms with van der Waals surface area (Å²) in [6.45, 7) is 2.00. The predicted octanol–water partition coefficient (Wildman–Crippen LogP) is 2.77. The van der Waals surface area contributed by atoms with E-state index in [9.17, 15) is 0 Å². The first-order valence-corrected chi connectivity index (χ1v) is 5.38. The number of hydrogen-bond donors (Lipinski definition) is 1. The smallest absolute Gasteiger partial charge is 0.0642 e. The lowest BCUT2D eigenvalue weighted by molar-refractivity contribution is 0.556. The van der Waals surface area contributed by atoms with Gasteiger partial charge in [-0.15, -0.1) is 0 Å². The molecule has 1 fully saturated rings. The van der Waals surface area contributed by atoms with Crippen molar-refractivity contribution in [2.24, 2.45) is 5.73 Å². The second-order valence-electron chi connectivity index (χ2n) is 3.92. The molecule has 1 aromatic rings. The maximum Gasteiger partial charge on any atom is 0.0642 e. The molecular weight excluding hydrogens is 219 g/mol. The van der Waals surface area contributed by atoms with Crippen LogP contribution in [-0.2, 0) is 5.41 Å². The summed E-state index contributed by atoms with van der Waals surface area (Å²) < 4.78 is 0. The molecule has 1 aliphatic rings. The minimum absolute atomic E-state index is 0.00287. The van der Waals surface area contributed by atoms with Crippen LogP contribution in [0.4, 0.5) is 0 Å². The number of nitrogens with zero attached hydrogens (tertiary/aromatic N) is 1. The summed E-state index contributed by atoms with van der Waals surface area (Å²) in [5, 5.41) is 1.26. The largest absolute Gasteiger partial charge is 0.327 e. The van der Waals surface area contributed by atoms with E-state index in [0.29, 0.717) is 10.0 Å². The number of hydrogen-bond acceptors (Lipinski definition) is 2. The van der Waals surface area contributed by atoms with Crippen LogP contribution >= 0.6 is 23.2 Å². The summed E-state index contributed by atoms with van der Waals surface area (Å²) in [5.41, 5.74) is 6.94. The normalized spacial score (nSPS) is 20.6. The van der Waals surface area contributed by atoms with E-state index in [4.69, 9.17) is 28.9 Å². The Morgan fingerprint density at radius 2 is 1.86 bits per heavy atom. The molecule has 2 rings (SSSR count). The first-order valence-electron chi connectivity index (χ1n) is 4.63. The zero-order valence-corrected chi connectivity index (χ0v) is 9.44. The molecule has 4 heteroatoms. The monoisotopic (exact) mass is 230 g/mol. The lowest BCUT2D eigenvalue weighted by Gasteiger charge is -2.22. The SMILES string of the molecule is CC(N)C1(c2c(Cl)cncc2Cl)CC1. The Hall–Kier alpha value is -0.310. The van der Waals surface area contributed by atoms with Crippen LogP contribution in [0.5, 0.6) is 0 Å².